The Labute approximate surface area is 150 Å². The van der Waals surface area contributed by atoms with Crippen molar-refractivity contribution in [2.45, 2.75) is 42.1 Å². The topological polar surface area (TPSA) is 107 Å². The number of nitrogens with two attached hydrogens (primary N) is 1. The number of benzene rings is 1. The largest absolute Gasteiger partial charge is 0.378 e. The number of hydrogen-bond acceptors (Lipinski definition) is 6. The third kappa shape index (κ3) is 5.01. The maximum atomic E-state index is 12.8. The van der Waals surface area contributed by atoms with Crippen LogP contribution in [0.1, 0.15) is 26.2 Å². The predicted molar refractivity (Wildman–Crippen MR) is 95.6 cm³/mol. The van der Waals surface area contributed by atoms with Gasteiger partial charge in [0.2, 0.25) is 10.0 Å². The standard InChI is InChI=1S/C16H26N2O5S2/c1-2-24(19,20)15-5-3-6-16(13-15)25(21,22)18-10-7-14(8-11-18)23-12-4-9-17/h3,5-6,13-14H,2,4,7-12,17H2,1H3. The van der Waals surface area contributed by atoms with Gasteiger partial charge in [-0.15, -0.1) is 0 Å². The monoisotopic (exact) mass is 390 g/mol. The fourth-order valence-corrected chi connectivity index (χ4v) is 5.23. The van der Waals surface area contributed by atoms with E-state index in [1.165, 1.54) is 35.5 Å². The molecule has 2 N–H and O–H groups in total. The lowest BCUT2D eigenvalue weighted by Gasteiger charge is -2.31. The Balaban J connectivity index is 2.09. The summed E-state index contributed by atoms with van der Waals surface area (Å²) >= 11 is 0. The summed E-state index contributed by atoms with van der Waals surface area (Å²) in [6.07, 6.45) is 2.08. The first-order valence-corrected chi connectivity index (χ1v) is 11.5. The van der Waals surface area contributed by atoms with E-state index in [1.807, 2.05) is 0 Å². The molecule has 9 heteroatoms. The van der Waals surface area contributed by atoms with E-state index in [-0.39, 0.29) is 21.6 Å². The molecule has 0 radical (unpaired) electrons. The van der Waals surface area contributed by atoms with Gasteiger partial charge in [-0.05, 0) is 44.0 Å². The highest BCUT2D eigenvalue weighted by Crippen LogP contribution is 2.24. The molecule has 1 aromatic rings. The van der Waals surface area contributed by atoms with Crippen LogP contribution in [0.25, 0.3) is 0 Å². The van der Waals surface area contributed by atoms with Gasteiger partial charge in [0.15, 0.2) is 9.84 Å². The molecule has 0 spiro atoms. The Bertz CT molecular complexity index is 769. The fourth-order valence-electron chi connectivity index (χ4n) is 2.72. The maximum absolute atomic E-state index is 12.8. The summed E-state index contributed by atoms with van der Waals surface area (Å²) in [5, 5.41) is 0. The molecule has 0 bridgehead atoms. The molecule has 0 unspecified atom stereocenters. The summed E-state index contributed by atoms with van der Waals surface area (Å²) in [7, 11) is -7.15. The molecule has 2 rings (SSSR count). The van der Waals surface area contributed by atoms with Crippen molar-refractivity contribution in [1.82, 2.24) is 4.31 Å². The highest BCUT2D eigenvalue weighted by atomic mass is 32.2. The molecular formula is C16H26N2O5S2. The number of piperidine rings is 1. The van der Waals surface area contributed by atoms with Gasteiger partial charge in [-0.3, -0.25) is 0 Å². The van der Waals surface area contributed by atoms with Crippen molar-refractivity contribution >= 4 is 19.9 Å². The molecule has 1 aliphatic rings. The molecule has 0 aliphatic carbocycles. The quantitative estimate of drug-likeness (QED) is 0.664. The molecule has 142 valence electrons. The van der Waals surface area contributed by atoms with Crippen LogP contribution in [0.15, 0.2) is 34.1 Å². The van der Waals surface area contributed by atoms with Crippen molar-refractivity contribution in [2.24, 2.45) is 5.73 Å². The smallest absolute Gasteiger partial charge is 0.243 e. The Morgan fingerprint density at radius 3 is 2.40 bits per heavy atom. The van der Waals surface area contributed by atoms with E-state index in [1.54, 1.807) is 0 Å². The Kier molecular flexibility index (Phi) is 6.98. The lowest BCUT2D eigenvalue weighted by molar-refractivity contribution is 0.0209. The van der Waals surface area contributed by atoms with Gasteiger partial charge in [-0.25, -0.2) is 16.8 Å². The van der Waals surface area contributed by atoms with Crippen LogP contribution in [0.4, 0.5) is 0 Å². The van der Waals surface area contributed by atoms with Crippen molar-refractivity contribution in [3.8, 4) is 0 Å². The Morgan fingerprint density at radius 1 is 1.16 bits per heavy atom. The summed E-state index contributed by atoms with van der Waals surface area (Å²) in [5.74, 6) is -0.0674. The van der Waals surface area contributed by atoms with Crippen LogP contribution in [-0.2, 0) is 24.6 Å². The lowest BCUT2D eigenvalue weighted by atomic mass is 10.1. The van der Waals surface area contributed by atoms with Gasteiger partial charge < -0.3 is 10.5 Å². The molecule has 0 atom stereocenters. The third-order valence-corrected chi connectivity index (χ3v) is 7.91. The van der Waals surface area contributed by atoms with E-state index < -0.39 is 19.9 Å². The third-order valence-electron chi connectivity index (χ3n) is 4.29. The Hall–Kier alpha value is -1.00. The van der Waals surface area contributed by atoms with E-state index >= 15 is 0 Å². The lowest BCUT2D eigenvalue weighted by Crippen LogP contribution is -2.41. The van der Waals surface area contributed by atoms with Crippen molar-refractivity contribution in [1.29, 1.82) is 0 Å². The summed E-state index contributed by atoms with van der Waals surface area (Å²) in [4.78, 5) is 0.0561. The minimum atomic E-state index is -3.71. The summed E-state index contributed by atoms with van der Waals surface area (Å²) < 4.78 is 56.7. The summed E-state index contributed by atoms with van der Waals surface area (Å²) in [6, 6.07) is 5.58. The van der Waals surface area contributed by atoms with Gasteiger partial charge >= 0.3 is 0 Å². The van der Waals surface area contributed by atoms with Crippen molar-refractivity contribution in [3.63, 3.8) is 0 Å². The van der Waals surface area contributed by atoms with Gasteiger partial charge in [0, 0.05) is 19.7 Å². The number of sulfone groups is 1. The van der Waals surface area contributed by atoms with E-state index in [0.29, 0.717) is 39.1 Å². The van der Waals surface area contributed by atoms with Crippen molar-refractivity contribution in [3.05, 3.63) is 24.3 Å². The zero-order valence-electron chi connectivity index (χ0n) is 14.4. The van der Waals surface area contributed by atoms with Gasteiger partial charge in [0.25, 0.3) is 0 Å². The van der Waals surface area contributed by atoms with E-state index in [4.69, 9.17) is 10.5 Å². The Morgan fingerprint density at radius 2 is 1.80 bits per heavy atom. The minimum Gasteiger partial charge on any atom is -0.378 e. The second-order valence-corrected chi connectivity index (χ2v) is 10.2. The highest BCUT2D eigenvalue weighted by molar-refractivity contribution is 7.91. The molecule has 7 nitrogen and oxygen atoms in total. The number of ether oxygens (including phenoxy) is 1. The summed E-state index contributed by atoms with van der Waals surface area (Å²) in [5.41, 5.74) is 5.43. The van der Waals surface area contributed by atoms with Gasteiger partial charge in [-0.1, -0.05) is 13.0 Å². The van der Waals surface area contributed by atoms with Crippen LogP contribution in [0.5, 0.6) is 0 Å². The number of sulfonamides is 1. The molecule has 1 fully saturated rings. The second kappa shape index (κ2) is 8.59. The van der Waals surface area contributed by atoms with Gasteiger partial charge in [-0.2, -0.15) is 4.31 Å². The van der Waals surface area contributed by atoms with Gasteiger partial charge in [0.1, 0.15) is 0 Å². The highest BCUT2D eigenvalue weighted by Gasteiger charge is 2.30. The molecule has 1 saturated heterocycles. The van der Waals surface area contributed by atoms with Crippen LogP contribution < -0.4 is 5.73 Å². The molecule has 25 heavy (non-hydrogen) atoms. The van der Waals surface area contributed by atoms with Crippen molar-refractivity contribution < 1.29 is 21.6 Å². The SMILES string of the molecule is CCS(=O)(=O)c1cccc(S(=O)(=O)N2CCC(OCCCN)CC2)c1. The first-order chi connectivity index (χ1) is 11.8. The first-order valence-electron chi connectivity index (χ1n) is 8.46. The zero-order chi connectivity index (χ0) is 18.5. The predicted octanol–water partition coefficient (Wildman–Crippen LogP) is 0.999. The van der Waals surface area contributed by atoms with E-state index in [2.05, 4.69) is 0 Å². The van der Waals surface area contributed by atoms with E-state index in [9.17, 15) is 16.8 Å². The average Bonchev–Trinajstić information content (AvgIpc) is 2.62. The van der Waals surface area contributed by atoms with Crippen LogP contribution >= 0.6 is 0 Å². The summed E-state index contributed by atoms with van der Waals surface area (Å²) in [6.45, 7) is 3.42. The maximum Gasteiger partial charge on any atom is 0.243 e. The molecular weight excluding hydrogens is 364 g/mol. The van der Waals surface area contributed by atoms with Crippen LogP contribution in [0.3, 0.4) is 0 Å². The van der Waals surface area contributed by atoms with Crippen molar-refractivity contribution in [2.75, 3.05) is 32.0 Å². The number of rotatable bonds is 8. The molecule has 0 saturated carbocycles. The fraction of sp³-hybridized carbons (Fsp3) is 0.625. The van der Waals surface area contributed by atoms with Crippen LogP contribution in [0, 0.1) is 0 Å². The van der Waals surface area contributed by atoms with Crippen LogP contribution in [-0.4, -0.2) is 59.2 Å². The molecule has 0 aromatic heterocycles. The molecule has 1 aliphatic heterocycles. The number of nitrogens with zero attached hydrogens (tertiary/aromatic N) is 1. The number of hydrogen-bond donors (Lipinski definition) is 1. The first kappa shape index (κ1) is 20.3. The average molecular weight is 391 g/mol. The molecule has 1 heterocycles. The van der Waals surface area contributed by atoms with E-state index in [0.717, 1.165) is 6.42 Å². The second-order valence-electron chi connectivity index (χ2n) is 5.99. The van der Waals surface area contributed by atoms with Gasteiger partial charge in [0.05, 0.1) is 21.6 Å². The normalized spacial score (nSPS) is 17.7. The minimum absolute atomic E-state index is 0.0181. The zero-order valence-corrected chi connectivity index (χ0v) is 16.1. The molecule has 1 aromatic carbocycles. The van der Waals surface area contributed by atoms with Crippen LogP contribution in [0.2, 0.25) is 0 Å². The molecule has 0 amide bonds.